The standard InChI is InChI=1S/C19H14FN5O2S/c1-12(13-3-2-4-16(9-13)25(26)27)28-19-17-10-23-24(18(17)21-11-22-19)15-7-5-14(20)6-8-15/h2-12H,1H3. The number of non-ortho nitro benzene ring substituents is 1. The van der Waals surface area contributed by atoms with Gasteiger partial charge in [-0.2, -0.15) is 5.10 Å². The number of nitrogens with zero attached hydrogens (tertiary/aromatic N) is 5. The average molecular weight is 395 g/mol. The number of hydrogen-bond donors (Lipinski definition) is 0. The monoisotopic (exact) mass is 395 g/mol. The highest BCUT2D eigenvalue weighted by Gasteiger charge is 2.17. The molecule has 7 nitrogen and oxygen atoms in total. The van der Waals surface area contributed by atoms with Crippen LogP contribution in [0.15, 0.2) is 66.1 Å². The van der Waals surface area contributed by atoms with E-state index in [-0.39, 0.29) is 16.8 Å². The normalized spacial score (nSPS) is 12.2. The Morgan fingerprint density at radius 3 is 2.71 bits per heavy atom. The molecule has 1 unspecified atom stereocenters. The summed E-state index contributed by atoms with van der Waals surface area (Å²) in [6, 6.07) is 12.5. The maximum Gasteiger partial charge on any atom is 0.269 e. The van der Waals surface area contributed by atoms with Gasteiger partial charge in [0.25, 0.3) is 5.69 Å². The van der Waals surface area contributed by atoms with Gasteiger partial charge in [-0.05, 0) is 36.8 Å². The maximum absolute atomic E-state index is 13.2. The summed E-state index contributed by atoms with van der Waals surface area (Å²) in [5.41, 5.74) is 2.19. The van der Waals surface area contributed by atoms with Crippen molar-refractivity contribution in [3.8, 4) is 5.69 Å². The third kappa shape index (κ3) is 3.44. The molecule has 0 fully saturated rings. The topological polar surface area (TPSA) is 86.7 Å². The molecule has 140 valence electrons. The molecule has 0 radical (unpaired) electrons. The van der Waals surface area contributed by atoms with Crippen LogP contribution in [0.2, 0.25) is 0 Å². The summed E-state index contributed by atoms with van der Waals surface area (Å²) in [4.78, 5) is 19.3. The van der Waals surface area contributed by atoms with Gasteiger partial charge in [-0.1, -0.05) is 23.9 Å². The Morgan fingerprint density at radius 2 is 1.96 bits per heavy atom. The second-order valence-corrected chi connectivity index (χ2v) is 7.39. The molecule has 4 aromatic rings. The number of benzene rings is 2. The molecule has 1 atom stereocenters. The third-order valence-electron chi connectivity index (χ3n) is 4.24. The number of halogens is 1. The lowest BCUT2D eigenvalue weighted by Crippen LogP contribution is -1.98. The fourth-order valence-corrected chi connectivity index (χ4v) is 3.81. The zero-order valence-corrected chi connectivity index (χ0v) is 15.5. The van der Waals surface area contributed by atoms with E-state index in [9.17, 15) is 14.5 Å². The lowest BCUT2D eigenvalue weighted by molar-refractivity contribution is -0.384. The van der Waals surface area contributed by atoms with E-state index in [2.05, 4.69) is 15.1 Å². The van der Waals surface area contributed by atoms with Crippen molar-refractivity contribution in [1.82, 2.24) is 19.7 Å². The third-order valence-corrected chi connectivity index (χ3v) is 5.41. The minimum atomic E-state index is -0.406. The average Bonchev–Trinajstić information content (AvgIpc) is 3.14. The number of fused-ring (bicyclic) bond motifs is 1. The van der Waals surface area contributed by atoms with Gasteiger partial charge < -0.3 is 0 Å². The fraction of sp³-hybridized carbons (Fsp3) is 0.105. The molecule has 0 saturated heterocycles. The van der Waals surface area contributed by atoms with Gasteiger partial charge in [0, 0.05) is 17.4 Å². The van der Waals surface area contributed by atoms with Crippen LogP contribution in [0.25, 0.3) is 16.7 Å². The number of thioether (sulfide) groups is 1. The van der Waals surface area contributed by atoms with Crippen molar-refractivity contribution in [2.75, 3.05) is 0 Å². The first-order chi connectivity index (χ1) is 13.5. The largest absolute Gasteiger partial charge is 0.269 e. The van der Waals surface area contributed by atoms with Crippen molar-refractivity contribution in [3.63, 3.8) is 0 Å². The molecule has 0 amide bonds. The lowest BCUT2D eigenvalue weighted by Gasteiger charge is -2.11. The zero-order chi connectivity index (χ0) is 19.7. The molecule has 0 spiro atoms. The van der Waals surface area contributed by atoms with Gasteiger partial charge >= 0.3 is 0 Å². The van der Waals surface area contributed by atoms with Crippen LogP contribution < -0.4 is 0 Å². The zero-order valence-electron chi connectivity index (χ0n) is 14.7. The fourth-order valence-electron chi connectivity index (χ4n) is 2.81. The van der Waals surface area contributed by atoms with Crippen molar-refractivity contribution in [2.24, 2.45) is 0 Å². The first-order valence-electron chi connectivity index (χ1n) is 8.38. The van der Waals surface area contributed by atoms with E-state index < -0.39 is 4.92 Å². The molecule has 0 aliphatic carbocycles. The van der Waals surface area contributed by atoms with Crippen molar-refractivity contribution < 1.29 is 9.31 Å². The van der Waals surface area contributed by atoms with E-state index >= 15 is 0 Å². The van der Waals surface area contributed by atoms with Crippen LogP contribution in [0.3, 0.4) is 0 Å². The summed E-state index contributed by atoms with van der Waals surface area (Å²) in [7, 11) is 0. The van der Waals surface area contributed by atoms with Gasteiger partial charge in [0.15, 0.2) is 5.65 Å². The van der Waals surface area contributed by atoms with Crippen LogP contribution >= 0.6 is 11.8 Å². The molecule has 9 heteroatoms. The molecule has 0 bridgehead atoms. The Balaban J connectivity index is 1.67. The molecular formula is C19H14FN5O2S. The van der Waals surface area contributed by atoms with E-state index in [0.717, 1.165) is 16.0 Å². The Bertz CT molecular complexity index is 1160. The van der Waals surface area contributed by atoms with E-state index in [4.69, 9.17) is 0 Å². The quantitative estimate of drug-likeness (QED) is 0.210. The number of rotatable bonds is 5. The van der Waals surface area contributed by atoms with E-state index in [0.29, 0.717) is 11.3 Å². The number of aromatic nitrogens is 4. The highest BCUT2D eigenvalue weighted by atomic mass is 32.2. The van der Waals surface area contributed by atoms with Gasteiger partial charge in [0.1, 0.15) is 17.2 Å². The van der Waals surface area contributed by atoms with Crippen LogP contribution in [-0.2, 0) is 0 Å². The molecule has 2 aromatic heterocycles. The van der Waals surface area contributed by atoms with Crippen molar-refractivity contribution in [2.45, 2.75) is 17.2 Å². The molecule has 0 aliphatic rings. The summed E-state index contributed by atoms with van der Waals surface area (Å²) < 4.78 is 14.8. The summed E-state index contributed by atoms with van der Waals surface area (Å²) >= 11 is 1.47. The van der Waals surface area contributed by atoms with Crippen molar-refractivity contribution >= 4 is 28.5 Å². The van der Waals surface area contributed by atoms with E-state index in [1.54, 1.807) is 35.1 Å². The Kier molecular flexibility index (Phi) is 4.74. The minimum Gasteiger partial charge on any atom is -0.258 e. The Labute approximate surface area is 163 Å². The molecule has 2 heterocycles. The first-order valence-corrected chi connectivity index (χ1v) is 9.26. The molecule has 4 rings (SSSR count). The van der Waals surface area contributed by atoms with Crippen LogP contribution in [0.1, 0.15) is 17.7 Å². The highest BCUT2D eigenvalue weighted by molar-refractivity contribution is 7.99. The van der Waals surface area contributed by atoms with Crippen LogP contribution in [0, 0.1) is 15.9 Å². The predicted molar refractivity (Wildman–Crippen MR) is 104 cm³/mol. The lowest BCUT2D eigenvalue weighted by atomic mass is 10.1. The number of nitro groups is 1. The summed E-state index contributed by atoms with van der Waals surface area (Å²) in [6.45, 7) is 1.96. The summed E-state index contributed by atoms with van der Waals surface area (Å²) in [5.74, 6) is -0.322. The molecule has 0 saturated carbocycles. The summed E-state index contributed by atoms with van der Waals surface area (Å²) in [5, 5.41) is 16.8. The molecule has 0 N–H and O–H groups in total. The molecule has 28 heavy (non-hydrogen) atoms. The number of nitro benzene ring substituents is 1. The predicted octanol–water partition coefficient (Wildman–Crippen LogP) is 4.72. The SMILES string of the molecule is CC(Sc1ncnc2c1cnn2-c1ccc(F)cc1)c1cccc([N+](=O)[O-])c1. The Hall–Kier alpha value is -3.33. The van der Waals surface area contributed by atoms with Crippen molar-refractivity contribution in [3.05, 3.63) is 82.6 Å². The minimum absolute atomic E-state index is 0.0573. The summed E-state index contributed by atoms with van der Waals surface area (Å²) in [6.07, 6.45) is 3.12. The van der Waals surface area contributed by atoms with Gasteiger partial charge in [0.2, 0.25) is 0 Å². The van der Waals surface area contributed by atoms with Crippen molar-refractivity contribution in [1.29, 1.82) is 0 Å². The highest BCUT2D eigenvalue weighted by Crippen LogP contribution is 2.37. The Morgan fingerprint density at radius 1 is 1.18 bits per heavy atom. The second kappa shape index (κ2) is 7.35. The smallest absolute Gasteiger partial charge is 0.258 e. The first kappa shape index (κ1) is 18.1. The van der Waals surface area contributed by atoms with Crippen LogP contribution in [0.5, 0.6) is 0 Å². The van der Waals surface area contributed by atoms with Gasteiger partial charge in [0.05, 0.1) is 22.2 Å². The second-order valence-electron chi connectivity index (χ2n) is 6.06. The molecule has 0 aliphatic heterocycles. The van der Waals surface area contributed by atoms with Gasteiger partial charge in [-0.15, -0.1) is 0 Å². The number of hydrogen-bond acceptors (Lipinski definition) is 6. The van der Waals surface area contributed by atoms with Gasteiger partial charge in [-0.3, -0.25) is 10.1 Å². The molecule has 2 aromatic carbocycles. The maximum atomic E-state index is 13.2. The van der Waals surface area contributed by atoms with Crippen LogP contribution in [-0.4, -0.2) is 24.7 Å². The molecular weight excluding hydrogens is 381 g/mol. The van der Waals surface area contributed by atoms with E-state index in [1.807, 2.05) is 13.0 Å². The van der Waals surface area contributed by atoms with Crippen LogP contribution in [0.4, 0.5) is 10.1 Å². The van der Waals surface area contributed by atoms with E-state index in [1.165, 1.54) is 36.3 Å². The van der Waals surface area contributed by atoms with Gasteiger partial charge in [-0.25, -0.2) is 19.0 Å².